The van der Waals surface area contributed by atoms with Crippen molar-refractivity contribution in [2.75, 3.05) is 0 Å². The van der Waals surface area contributed by atoms with Crippen LogP contribution in [0.5, 0.6) is 0 Å². The lowest BCUT2D eigenvalue weighted by Gasteiger charge is -2.58. The molecule has 5 rings (SSSR count). The van der Waals surface area contributed by atoms with Crippen molar-refractivity contribution in [2.45, 2.75) is 111 Å². The van der Waals surface area contributed by atoms with Crippen LogP contribution in [0.2, 0.25) is 0 Å². The summed E-state index contributed by atoms with van der Waals surface area (Å²) in [5.74, 6) is 5.03. The molecule has 8 atom stereocenters. The van der Waals surface area contributed by atoms with Gasteiger partial charge in [-0.05, 0) is 103 Å². The molecule has 198 valence electrons. The standard InChI is InChI=1S/C34H50O2/c1-23(2)10-9-11-24(3)29-16-17-30-28-15-14-26-22-27(36-32(35)25-12-7-6-8-13-25)18-20-33(26,4)31(28)19-21-34(29,30)5/h6-8,12-14,23-24,27-31H,9-11,15-22H2,1-5H3/t24-,27+,28+,29-,30-,31+,33+,34-/m1/s1. The molecule has 4 aliphatic carbocycles. The Morgan fingerprint density at radius 1 is 0.972 bits per heavy atom. The van der Waals surface area contributed by atoms with Gasteiger partial charge in [0.15, 0.2) is 0 Å². The second-order valence-corrected chi connectivity index (χ2v) is 13.9. The number of hydrogen-bond donors (Lipinski definition) is 0. The van der Waals surface area contributed by atoms with E-state index in [9.17, 15) is 4.79 Å². The van der Waals surface area contributed by atoms with E-state index >= 15 is 0 Å². The monoisotopic (exact) mass is 490 g/mol. The summed E-state index contributed by atoms with van der Waals surface area (Å²) in [5.41, 5.74) is 3.12. The van der Waals surface area contributed by atoms with Crippen molar-refractivity contribution in [2.24, 2.45) is 46.3 Å². The minimum atomic E-state index is -0.161. The minimum Gasteiger partial charge on any atom is -0.458 e. The third kappa shape index (κ3) is 4.71. The lowest BCUT2D eigenvalue weighted by molar-refractivity contribution is -0.0594. The van der Waals surface area contributed by atoms with E-state index in [4.69, 9.17) is 4.74 Å². The van der Waals surface area contributed by atoms with Gasteiger partial charge < -0.3 is 4.74 Å². The topological polar surface area (TPSA) is 26.3 Å². The van der Waals surface area contributed by atoms with Crippen LogP contribution < -0.4 is 0 Å². The van der Waals surface area contributed by atoms with Crippen LogP contribution in [0, 0.1) is 46.3 Å². The summed E-state index contributed by atoms with van der Waals surface area (Å²) in [4.78, 5) is 12.7. The predicted octanol–water partition coefficient (Wildman–Crippen LogP) is 9.25. The third-order valence-electron chi connectivity index (χ3n) is 11.5. The summed E-state index contributed by atoms with van der Waals surface area (Å²) in [6.45, 7) is 12.6. The lowest BCUT2D eigenvalue weighted by Crippen LogP contribution is -2.51. The Hall–Kier alpha value is -1.57. The molecule has 3 fully saturated rings. The number of fused-ring (bicyclic) bond motifs is 5. The Balaban J connectivity index is 1.25. The highest BCUT2D eigenvalue weighted by Gasteiger charge is 2.59. The Labute approximate surface area is 220 Å². The molecular weight excluding hydrogens is 440 g/mol. The molecule has 0 radical (unpaired) electrons. The molecule has 0 saturated heterocycles. The number of carbonyl (C=O) groups is 1. The Morgan fingerprint density at radius 3 is 2.50 bits per heavy atom. The first kappa shape index (κ1) is 26.1. The van der Waals surface area contributed by atoms with Crippen LogP contribution >= 0.6 is 0 Å². The normalized spacial score (nSPS) is 38.5. The van der Waals surface area contributed by atoms with Crippen LogP contribution in [0.4, 0.5) is 0 Å². The van der Waals surface area contributed by atoms with Crippen molar-refractivity contribution in [1.29, 1.82) is 0 Å². The molecule has 0 aromatic heterocycles. The van der Waals surface area contributed by atoms with Crippen LogP contribution in [0.15, 0.2) is 42.0 Å². The van der Waals surface area contributed by atoms with Gasteiger partial charge >= 0.3 is 5.97 Å². The number of benzene rings is 1. The average molecular weight is 491 g/mol. The summed E-state index contributed by atoms with van der Waals surface area (Å²) in [7, 11) is 0. The number of allylic oxidation sites excluding steroid dienone is 1. The molecular formula is C34H50O2. The fourth-order valence-electron chi connectivity index (χ4n) is 9.55. The zero-order valence-electron chi connectivity index (χ0n) is 23.6. The highest BCUT2D eigenvalue weighted by Crippen LogP contribution is 2.67. The molecule has 1 aromatic rings. The zero-order valence-corrected chi connectivity index (χ0v) is 23.6. The fraction of sp³-hybridized carbons (Fsp3) is 0.735. The molecule has 0 aliphatic heterocycles. The predicted molar refractivity (Wildman–Crippen MR) is 149 cm³/mol. The van der Waals surface area contributed by atoms with Crippen LogP contribution in [-0.2, 0) is 4.74 Å². The van der Waals surface area contributed by atoms with Crippen molar-refractivity contribution in [3.63, 3.8) is 0 Å². The molecule has 36 heavy (non-hydrogen) atoms. The number of carbonyl (C=O) groups excluding carboxylic acids is 1. The zero-order chi connectivity index (χ0) is 25.5. The maximum Gasteiger partial charge on any atom is 0.338 e. The van der Waals surface area contributed by atoms with E-state index in [1.807, 2.05) is 30.3 Å². The summed E-state index contributed by atoms with van der Waals surface area (Å²) in [6.07, 6.45) is 17.0. The van der Waals surface area contributed by atoms with Gasteiger partial charge in [0.2, 0.25) is 0 Å². The van der Waals surface area contributed by atoms with Gasteiger partial charge in [0, 0.05) is 6.42 Å². The third-order valence-corrected chi connectivity index (χ3v) is 11.5. The van der Waals surface area contributed by atoms with Gasteiger partial charge in [0.1, 0.15) is 6.10 Å². The van der Waals surface area contributed by atoms with Gasteiger partial charge in [-0.15, -0.1) is 0 Å². The number of hydrogen-bond acceptors (Lipinski definition) is 2. The lowest BCUT2D eigenvalue weighted by atomic mass is 9.47. The molecule has 2 heteroatoms. The first-order valence-corrected chi connectivity index (χ1v) is 15.2. The Bertz CT molecular complexity index is 947. The van der Waals surface area contributed by atoms with Crippen molar-refractivity contribution in [3.8, 4) is 0 Å². The van der Waals surface area contributed by atoms with E-state index in [0.29, 0.717) is 16.4 Å². The molecule has 0 N–H and O–H groups in total. The second kappa shape index (κ2) is 10.3. The van der Waals surface area contributed by atoms with Crippen molar-refractivity contribution < 1.29 is 9.53 Å². The molecule has 2 nitrogen and oxygen atoms in total. The second-order valence-electron chi connectivity index (χ2n) is 13.9. The van der Waals surface area contributed by atoms with Gasteiger partial charge in [-0.3, -0.25) is 0 Å². The quantitative estimate of drug-likeness (QED) is 0.281. The van der Waals surface area contributed by atoms with Crippen molar-refractivity contribution >= 4 is 5.97 Å². The summed E-state index contributed by atoms with van der Waals surface area (Å²) in [5, 5.41) is 0. The van der Waals surface area contributed by atoms with Crippen molar-refractivity contribution in [3.05, 3.63) is 47.5 Å². The molecule has 4 aliphatic rings. The highest BCUT2D eigenvalue weighted by molar-refractivity contribution is 5.89. The van der Waals surface area contributed by atoms with E-state index in [0.717, 1.165) is 48.3 Å². The van der Waals surface area contributed by atoms with Crippen LogP contribution in [0.1, 0.15) is 116 Å². The van der Waals surface area contributed by atoms with Gasteiger partial charge in [-0.2, -0.15) is 0 Å². The maximum atomic E-state index is 12.7. The van der Waals surface area contributed by atoms with Crippen LogP contribution in [-0.4, -0.2) is 12.1 Å². The Kier molecular flexibility index (Phi) is 7.45. The first-order chi connectivity index (χ1) is 17.2. The molecule has 0 spiro atoms. The van der Waals surface area contributed by atoms with Gasteiger partial charge in [-0.1, -0.05) is 83.7 Å². The molecule has 0 bridgehead atoms. The van der Waals surface area contributed by atoms with Gasteiger partial charge in [0.05, 0.1) is 5.56 Å². The van der Waals surface area contributed by atoms with E-state index in [1.54, 1.807) is 5.57 Å². The molecule has 0 unspecified atom stereocenters. The average Bonchev–Trinajstić information content (AvgIpc) is 3.22. The van der Waals surface area contributed by atoms with E-state index in [-0.39, 0.29) is 12.1 Å². The maximum absolute atomic E-state index is 12.7. The highest BCUT2D eigenvalue weighted by atomic mass is 16.5. The van der Waals surface area contributed by atoms with E-state index in [1.165, 1.54) is 57.8 Å². The summed E-state index contributed by atoms with van der Waals surface area (Å²) in [6, 6.07) is 9.49. The molecule has 3 saturated carbocycles. The van der Waals surface area contributed by atoms with Crippen LogP contribution in [0.25, 0.3) is 0 Å². The van der Waals surface area contributed by atoms with E-state index in [2.05, 4.69) is 40.7 Å². The first-order valence-electron chi connectivity index (χ1n) is 15.2. The van der Waals surface area contributed by atoms with Gasteiger partial charge in [-0.25, -0.2) is 4.79 Å². The number of rotatable bonds is 7. The smallest absolute Gasteiger partial charge is 0.338 e. The molecule has 1 aromatic carbocycles. The van der Waals surface area contributed by atoms with E-state index < -0.39 is 0 Å². The molecule has 0 amide bonds. The number of ether oxygens (including phenoxy) is 1. The van der Waals surface area contributed by atoms with Crippen molar-refractivity contribution in [1.82, 2.24) is 0 Å². The Morgan fingerprint density at radius 2 is 1.75 bits per heavy atom. The SMILES string of the molecule is CC(C)CCC[C@@H](C)[C@H]1CC[C@@H]2[C@@H]3CC=C4C[C@@H](OC(=O)c5ccccc5)CC[C@]4(C)[C@H]3CC[C@@]21C. The molecule has 0 heterocycles. The van der Waals surface area contributed by atoms with Crippen LogP contribution in [0.3, 0.4) is 0 Å². The van der Waals surface area contributed by atoms with Gasteiger partial charge in [0.25, 0.3) is 0 Å². The fourth-order valence-corrected chi connectivity index (χ4v) is 9.55. The largest absolute Gasteiger partial charge is 0.458 e. The summed E-state index contributed by atoms with van der Waals surface area (Å²) >= 11 is 0. The summed E-state index contributed by atoms with van der Waals surface area (Å²) < 4.78 is 6.00. The number of esters is 1. The minimum absolute atomic E-state index is 0.0324.